The molecule has 18 heavy (non-hydrogen) atoms. The summed E-state index contributed by atoms with van der Waals surface area (Å²) < 4.78 is 18.9. The Bertz CT molecular complexity index is 599. The van der Waals surface area contributed by atoms with Gasteiger partial charge in [-0.05, 0) is 49.2 Å². The van der Waals surface area contributed by atoms with E-state index in [2.05, 4.69) is 0 Å². The van der Waals surface area contributed by atoms with Crippen LogP contribution in [0.1, 0.15) is 11.1 Å². The molecule has 2 rings (SSSR count). The number of hydrogen-bond acceptors (Lipinski definition) is 2. The second-order valence-electron chi connectivity index (χ2n) is 4.15. The quantitative estimate of drug-likeness (QED) is 0.813. The average Bonchev–Trinajstić information content (AvgIpc) is 2.31. The van der Waals surface area contributed by atoms with Gasteiger partial charge < -0.3 is 10.5 Å². The van der Waals surface area contributed by atoms with Gasteiger partial charge in [-0.15, -0.1) is 0 Å². The molecule has 0 heterocycles. The van der Waals surface area contributed by atoms with Gasteiger partial charge in [0, 0.05) is 11.1 Å². The van der Waals surface area contributed by atoms with Crippen molar-refractivity contribution >= 4 is 17.3 Å². The molecule has 0 bridgehead atoms. The highest BCUT2D eigenvalue weighted by atomic mass is 35.5. The molecule has 94 valence electrons. The lowest BCUT2D eigenvalue weighted by Crippen LogP contribution is -1.95. The molecule has 2 aromatic carbocycles. The lowest BCUT2D eigenvalue weighted by atomic mass is 10.2. The van der Waals surface area contributed by atoms with Crippen molar-refractivity contribution < 1.29 is 9.13 Å². The van der Waals surface area contributed by atoms with Crippen molar-refractivity contribution in [3.05, 3.63) is 52.3 Å². The van der Waals surface area contributed by atoms with E-state index in [1.165, 1.54) is 6.07 Å². The van der Waals surface area contributed by atoms with Crippen LogP contribution in [-0.2, 0) is 0 Å². The minimum Gasteiger partial charge on any atom is -0.455 e. The SMILES string of the molecule is Cc1cc(Oc2ccc(Cl)c(C)c2)c(N)cc1F. The van der Waals surface area contributed by atoms with Crippen LogP contribution in [0.4, 0.5) is 10.1 Å². The van der Waals surface area contributed by atoms with Gasteiger partial charge in [-0.25, -0.2) is 4.39 Å². The zero-order valence-corrected chi connectivity index (χ0v) is 10.9. The number of hydrogen-bond donors (Lipinski definition) is 1. The van der Waals surface area contributed by atoms with Crippen LogP contribution in [0.2, 0.25) is 5.02 Å². The summed E-state index contributed by atoms with van der Waals surface area (Å²) in [6.45, 7) is 3.54. The third-order valence-corrected chi connectivity index (χ3v) is 3.07. The summed E-state index contributed by atoms with van der Waals surface area (Å²) in [6, 6.07) is 8.13. The fourth-order valence-electron chi connectivity index (χ4n) is 1.57. The zero-order valence-electron chi connectivity index (χ0n) is 10.1. The first kappa shape index (κ1) is 12.7. The van der Waals surface area contributed by atoms with E-state index in [0.29, 0.717) is 22.1 Å². The van der Waals surface area contributed by atoms with Crippen LogP contribution in [0.15, 0.2) is 30.3 Å². The highest BCUT2D eigenvalue weighted by Gasteiger charge is 2.07. The lowest BCUT2D eigenvalue weighted by molar-refractivity contribution is 0.482. The van der Waals surface area contributed by atoms with Crippen LogP contribution < -0.4 is 10.5 Å². The minimum atomic E-state index is -0.341. The summed E-state index contributed by atoms with van der Waals surface area (Å²) in [5.74, 6) is 0.720. The van der Waals surface area contributed by atoms with Gasteiger partial charge in [0.2, 0.25) is 0 Å². The molecule has 2 N–H and O–H groups in total. The molecule has 0 aromatic heterocycles. The first-order valence-electron chi connectivity index (χ1n) is 5.47. The first-order chi connectivity index (χ1) is 8.47. The average molecular weight is 266 g/mol. The van der Waals surface area contributed by atoms with Gasteiger partial charge in [-0.1, -0.05) is 11.6 Å². The van der Waals surface area contributed by atoms with Gasteiger partial charge in [0.05, 0.1) is 5.69 Å². The third-order valence-electron chi connectivity index (χ3n) is 2.65. The van der Waals surface area contributed by atoms with Gasteiger partial charge in [-0.2, -0.15) is 0 Å². The lowest BCUT2D eigenvalue weighted by Gasteiger charge is -2.11. The molecule has 0 unspecified atom stereocenters. The van der Waals surface area contributed by atoms with E-state index in [1.807, 2.05) is 6.92 Å². The largest absolute Gasteiger partial charge is 0.455 e. The Hall–Kier alpha value is -1.74. The van der Waals surface area contributed by atoms with Gasteiger partial charge in [0.25, 0.3) is 0 Å². The summed E-state index contributed by atoms with van der Waals surface area (Å²) in [4.78, 5) is 0. The van der Waals surface area contributed by atoms with Crippen molar-refractivity contribution in [2.75, 3.05) is 5.73 Å². The van der Waals surface area contributed by atoms with Crippen molar-refractivity contribution in [3.8, 4) is 11.5 Å². The number of rotatable bonds is 2. The number of anilines is 1. The second kappa shape index (κ2) is 4.86. The number of nitrogen functional groups attached to an aromatic ring is 1. The number of nitrogens with two attached hydrogens (primary N) is 1. The maximum absolute atomic E-state index is 13.3. The molecule has 0 atom stereocenters. The van der Waals surface area contributed by atoms with Gasteiger partial charge in [0.1, 0.15) is 11.6 Å². The van der Waals surface area contributed by atoms with E-state index in [0.717, 1.165) is 5.56 Å². The fourth-order valence-corrected chi connectivity index (χ4v) is 1.68. The maximum Gasteiger partial charge on any atom is 0.150 e. The molecule has 0 amide bonds. The Morgan fingerprint density at radius 2 is 1.83 bits per heavy atom. The predicted molar refractivity (Wildman–Crippen MR) is 71.8 cm³/mol. The molecule has 0 saturated carbocycles. The first-order valence-corrected chi connectivity index (χ1v) is 5.85. The Morgan fingerprint density at radius 3 is 2.50 bits per heavy atom. The van der Waals surface area contributed by atoms with Gasteiger partial charge in [-0.3, -0.25) is 0 Å². The van der Waals surface area contributed by atoms with Crippen molar-refractivity contribution in [1.29, 1.82) is 0 Å². The third kappa shape index (κ3) is 2.57. The molecule has 0 aliphatic rings. The van der Waals surface area contributed by atoms with Crippen LogP contribution in [0.25, 0.3) is 0 Å². The molecule has 2 aromatic rings. The molecular formula is C14H13ClFNO. The molecule has 0 aliphatic heterocycles. The monoisotopic (exact) mass is 265 g/mol. The zero-order chi connectivity index (χ0) is 13.3. The Kier molecular flexibility index (Phi) is 3.43. The number of aryl methyl sites for hydroxylation is 2. The highest BCUT2D eigenvalue weighted by Crippen LogP contribution is 2.31. The van der Waals surface area contributed by atoms with Crippen molar-refractivity contribution in [3.63, 3.8) is 0 Å². The van der Waals surface area contributed by atoms with Gasteiger partial charge >= 0.3 is 0 Å². The summed E-state index contributed by atoms with van der Waals surface area (Å²) in [6.07, 6.45) is 0. The van der Waals surface area contributed by atoms with Crippen LogP contribution in [-0.4, -0.2) is 0 Å². The van der Waals surface area contributed by atoms with Crippen LogP contribution in [0, 0.1) is 19.7 Å². The van der Waals surface area contributed by atoms with E-state index in [1.54, 1.807) is 31.2 Å². The number of benzene rings is 2. The molecule has 2 nitrogen and oxygen atoms in total. The Morgan fingerprint density at radius 1 is 1.11 bits per heavy atom. The number of halogens is 2. The molecule has 0 saturated heterocycles. The van der Waals surface area contributed by atoms with Gasteiger partial charge in [0.15, 0.2) is 5.75 Å². The summed E-state index contributed by atoms with van der Waals surface area (Å²) in [5, 5.41) is 0.672. The molecule has 0 fully saturated rings. The van der Waals surface area contributed by atoms with Crippen LogP contribution >= 0.6 is 11.6 Å². The minimum absolute atomic E-state index is 0.269. The van der Waals surface area contributed by atoms with E-state index in [9.17, 15) is 4.39 Å². The normalized spacial score (nSPS) is 10.4. The second-order valence-corrected chi connectivity index (χ2v) is 4.56. The molecule has 0 radical (unpaired) electrons. The van der Waals surface area contributed by atoms with E-state index < -0.39 is 0 Å². The predicted octanol–water partition coefficient (Wildman–Crippen LogP) is 4.47. The Labute approximate surface area is 110 Å². The summed E-state index contributed by atoms with van der Waals surface area (Å²) in [5.41, 5.74) is 7.38. The van der Waals surface area contributed by atoms with E-state index in [-0.39, 0.29) is 11.5 Å². The van der Waals surface area contributed by atoms with Crippen LogP contribution in [0.5, 0.6) is 11.5 Å². The molecular weight excluding hydrogens is 253 g/mol. The van der Waals surface area contributed by atoms with E-state index >= 15 is 0 Å². The molecule has 0 aliphatic carbocycles. The summed E-state index contributed by atoms with van der Waals surface area (Å²) >= 11 is 5.93. The topological polar surface area (TPSA) is 35.2 Å². The molecule has 4 heteroatoms. The summed E-state index contributed by atoms with van der Waals surface area (Å²) in [7, 11) is 0. The highest BCUT2D eigenvalue weighted by molar-refractivity contribution is 6.31. The number of ether oxygens (including phenoxy) is 1. The Balaban J connectivity index is 2.34. The standard InChI is InChI=1S/C14H13ClFNO/c1-8-5-10(3-4-11(8)15)18-14-6-9(2)12(16)7-13(14)17/h3-7H,17H2,1-2H3. The van der Waals surface area contributed by atoms with Crippen LogP contribution in [0.3, 0.4) is 0 Å². The molecule has 0 spiro atoms. The van der Waals surface area contributed by atoms with E-state index in [4.69, 9.17) is 22.1 Å². The maximum atomic E-state index is 13.3. The van der Waals surface area contributed by atoms with Crippen molar-refractivity contribution in [2.45, 2.75) is 13.8 Å². The van der Waals surface area contributed by atoms with Crippen molar-refractivity contribution in [2.24, 2.45) is 0 Å². The smallest absolute Gasteiger partial charge is 0.150 e. The fraction of sp³-hybridized carbons (Fsp3) is 0.143. The van der Waals surface area contributed by atoms with Crippen molar-refractivity contribution in [1.82, 2.24) is 0 Å².